The molecular formula is C22H21N5O4. The molecule has 0 aliphatic rings. The Morgan fingerprint density at radius 2 is 1.81 bits per heavy atom. The van der Waals surface area contributed by atoms with Crippen molar-refractivity contribution in [3.05, 3.63) is 76.5 Å². The van der Waals surface area contributed by atoms with Crippen LogP contribution in [0.4, 0.5) is 0 Å². The third-order valence-corrected chi connectivity index (χ3v) is 4.90. The Morgan fingerprint density at radius 3 is 2.52 bits per heavy atom. The van der Waals surface area contributed by atoms with Crippen molar-refractivity contribution in [3.63, 3.8) is 0 Å². The average Bonchev–Trinajstić information content (AvgIpc) is 3.21. The van der Waals surface area contributed by atoms with E-state index in [9.17, 15) is 9.59 Å². The second kappa shape index (κ2) is 8.31. The van der Waals surface area contributed by atoms with Crippen molar-refractivity contribution in [1.82, 2.24) is 19.4 Å². The van der Waals surface area contributed by atoms with Gasteiger partial charge in [0.1, 0.15) is 23.2 Å². The van der Waals surface area contributed by atoms with E-state index in [-0.39, 0.29) is 12.0 Å². The maximum Gasteiger partial charge on any atom is 0.283 e. The van der Waals surface area contributed by atoms with Crippen LogP contribution in [0.3, 0.4) is 0 Å². The molecular weight excluding hydrogens is 398 g/mol. The molecule has 0 saturated carbocycles. The number of benzene rings is 2. The summed E-state index contributed by atoms with van der Waals surface area (Å²) in [6, 6.07) is 12.7. The summed E-state index contributed by atoms with van der Waals surface area (Å²) in [6.07, 6.45) is 2.70. The van der Waals surface area contributed by atoms with E-state index in [1.165, 1.54) is 12.5 Å². The SMILES string of the molecule is COc1ccc(OCC(=O)Nn2cnc3c(cnn3-c3ccc(C)c(C)c3)c2=O)cc1. The molecule has 0 atom stereocenters. The lowest BCUT2D eigenvalue weighted by Crippen LogP contribution is -2.35. The smallest absolute Gasteiger partial charge is 0.283 e. The number of aryl methyl sites for hydroxylation is 2. The summed E-state index contributed by atoms with van der Waals surface area (Å²) in [6.45, 7) is 3.77. The molecule has 4 aromatic rings. The minimum atomic E-state index is -0.499. The molecule has 2 heterocycles. The van der Waals surface area contributed by atoms with Gasteiger partial charge in [-0.15, -0.1) is 0 Å². The van der Waals surface area contributed by atoms with E-state index in [2.05, 4.69) is 15.5 Å². The third kappa shape index (κ3) is 4.11. The van der Waals surface area contributed by atoms with Crippen molar-refractivity contribution < 1.29 is 14.3 Å². The Kier molecular flexibility index (Phi) is 5.40. The number of carbonyl (C=O) groups excluding carboxylic acids is 1. The number of ether oxygens (including phenoxy) is 2. The van der Waals surface area contributed by atoms with E-state index in [4.69, 9.17) is 9.47 Å². The van der Waals surface area contributed by atoms with Crippen LogP contribution in [0.1, 0.15) is 11.1 Å². The molecule has 4 rings (SSSR count). The number of hydrogen-bond acceptors (Lipinski definition) is 6. The quantitative estimate of drug-likeness (QED) is 0.515. The van der Waals surface area contributed by atoms with Crippen LogP contribution in [0.15, 0.2) is 59.8 Å². The summed E-state index contributed by atoms with van der Waals surface area (Å²) >= 11 is 0. The zero-order chi connectivity index (χ0) is 22.0. The van der Waals surface area contributed by atoms with Gasteiger partial charge in [0.05, 0.1) is 19.0 Å². The fraction of sp³-hybridized carbons (Fsp3) is 0.182. The molecule has 0 radical (unpaired) electrons. The van der Waals surface area contributed by atoms with Gasteiger partial charge in [0.2, 0.25) is 0 Å². The van der Waals surface area contributed by atoms with Crippen LogP contribution in [0.5, 0.6) is 11.5 Å². The number of rotatable bonds is 6. The summed E-state index contributed by atoms with van der Waals surface area (Å²) in [4.78, 5) is 29.3. The van der Waals surface area contributed by atoms with E-state index in [0.29, 0.717) is 17.1 Å². The topological polar surface area (TPSA) is 100 Å². The largest absolute Gasteiger partial charge is 0.497 e. The highest BCUT2D eigenvalue weighted by Gasteiger charge is 2.13. The Labute approximate surface area is 177 Å². The maximum absolute atomic E-state index is 12.8. The van der Waals surface area contributed by atoms with E-state index < -0.39 is 11.5 Å². The lowest BCUT2D eigenvalue weighted by molar-refractivity contribution is -0.119. The van der Waals surface area contributed by atoms with Crippen molar-refractivity contribution in [2.24, 2.45) is 0 Å². The molecule has 0 fully saturated rings. The first kappa shape index (κ1) is 20.1. The molecule has 0 aliphatic carbocycles. The Hall–Kier alpha value is -4.14. The second-order valence-corrected chi connectivity index (χ2v) is 6.98. The minimum absolute atomic E-state index is 0.265. The van der Waals surface area contributed by atoms with Crippen LogP contribution in [0.2, 0.25) is 0 Å². The van der Waals surface area contributed by atoms with Gasteiger partial charge in [-0.3, -0.25) is 15.0 Å². The highest BCUT2D eigenvalue weighted by atomic mass is 16.5. The zero-order valence-corrected chi connectivity index (χ0v) is 17.3. The van der Waals surface area contributed by atoms with Crippen molar-refractivity contribution >= 4 is 16.9 Å². The maximum atomic E-state index is 12.8. The normalized spacial score (nSPS) is 10.8. The summed E-state index contributed by atoms with van der Waals surface area (Å²) in [5.74, 6) is 0.691. The first-order valence-electron chi connectivity index (χ1n) is 9.56. The predicted octanol–water partition coefficient (Wildman–Crippen LogP) is 2.36. The lowest BCUT2D eigenvalue weighted by Gasteiger charge is -2.10. The average molecular weight is 419 g/mol. The highest BCUT2D eigenvalue weighted by molar-refractivity contribution is 5.85. The summed E-state index contributed by atoms with van der Waals surface area (Å²) in [5.41, 5.74) is 5.53. The predicted molar refractivity (Wildman–Crippen MR) is 115 cm³/mol. The Morgan fingerprint density at radius 1 is 1.06 bits per heavy atom. The van der Waals surface area contributed by atoms with E-state index in [1.54, 1.807) is 36.1 Å². The fourth-order valence-corrected chi connectivity index (χ4v) is 3.03. The number of aromatic nitrogens is 4. The van der Waals surface area contributed by atoms with Crippen LogP contribution < -0.4 is 20.5 Å². The molecule has 0 aliphatic heterocycles. The molecule has 9 nitrogen and oxygen atoms in total. The Bertz CT molecular complexity index is 1310. The molecule has 2 aromatic heterocycles. The Balaban J connectivity index is 1.50. The molecule has 1 N–H and O–H groups in total. The molecule has 0 spiro atoms. The third-order valence-electron chi connectivity index (χ3n) is 4.90. The van der Waals surface area contributed by atoms with Crippen LogP contribution >= 0.6 is 0 Å². The van der Waals surface area contributed by atoms with E-state index in [1.807, 2.05) is 32.0 Å². The first-order valence-corrected chi connectivity index (χ1v) is 9.56. The molecule has 1 amide bonds. The highest BCUT2D eigenvalue weighted by Crippen LogP contribution is 2.18. The number of carbonyl (C=O) groups is 1. The fourth-order valence-electron chi connectivity index (χ4n) is 3.03. The molecule has 0 bridgehead atoms. The van der Waals surface area contributed by atoms with Crippen molar-refractivity contribution in [3.8, 4) is 17.2 Å². The summed E-state index contributed by atoms with van der Waals surface area (Å²) in [7, 11) is 1.57. The summed E-state index contributed by atoms with van der Waals surface area (Å²) in [5, 5.41) is 4.59. The first-order chi connectivity index (χ1) is 15.0. The number of amides is 1. The molecule has 0 unspecified atom stereocenters. The number of nitrogens with one attached hydrogen (secondary N) is 1. The minimum Gasteiger partial charge on any atom is -0.497 e. The van der Waals surface area contributed by atoms with Gasteiger partial charge in [-0.25, -0.2) is 14.3 Å². The van der Waals surface area contributed by atoms with Gasteiger partial charge in [-0.05, 0) is 61.4 Å². The zero-order valence-electron chi connectivity index (χ0n) is 17.3. The van der Waals surface area contributed by atoms with Crippen molar-refractivity contribution in [1.29, 1.82) is 0 Å². The van der Waals surface area contributed by atoms with Gasteiger partial charge in [0.25, 0.3) is 11.5 Å². The molecule has 31 heavy (non-hydrogen) atoms. The molecule has 158 valence electrons. The van der Waals surface area contributed by atoms with Gasteiger partial charge in [0.15, 0.2) is 12.3 Å². The second-order valence-electron chi connectivity index (χ2n) is 6.98. The van der Waals surface area contributed by atoms with Gasteiger partial charge in [-0.2, -0.15) is 5.10 Å². The van der Waals surface area contributed by atoms with Gasteiger partial charge in [0, 0.05) is 0 Å². The number of nitrogens with zero attached hydrogens (tertiary/aromatic N) is 4. The van der Waals surface area contributed by atoms with Crippen LogP contribution in [0.25, 0.3) is 16.7 Å². The number of hydrogen-bond donors (Lipinski definition) is 1. The van der Waals surface area contributed by atoms with Crippen molar-refractivity contribution in [2.75, 3.05) is 19.1 Å². The monoisotopic (exact) mass is 419 g/mol. The number of fused-ring (bicyclic) bond motifs is 1. The van der Waals surface area contributed by atoms with Crippen LogP contribution in [0, 0.1) is 13.8 Å². The van der Waals surface area contributed by atoms with Gasteiger partial charge in [-0.1, -0.05) is 6.07 Å². The molecule has 2 aromatic carbocycles. The summed E-state index contributed by atoms with van der Waals surface area (Å²) < 4.78 is 13.1. The van der Waals surface area contributed by atoms with E-state index in [0.717, 1.165) is 21.5 Å². The van der Waals surface area contributed by atoms with Gasteiger partial charge >= 0.3 is 0 Å². The van der Waals surface area contributed by atoms with Crippen LogP contribution in [-0.2, 0) is 4.79 Å². The molecule has 0 saturated heterocycles. The standard InChI is InChI=1S/C22H21N5O4/c1-14-4-5-16(10-15(14)2)27-21-19(11-24-27)22(29)26(13-23-21)25-20(28)12-31-18-8-6-17(30-3)7-9-18/h4-11,13H,12H2,1-3H3,(H,25,28). The lowest BCUT2D eigenvalue weighted by atomic mass is 10.1. The van der Waals surface area contributed by atoms with Gasteiger partial charge < -0.3 is 9.47 Å². The van der Waals surface area contributed by atoms with E-state index >= 15 is 0 Å². The van der Waals surface area contributed by atoms with Crippen molar-refractivity contribution in [2.45, 2.75) is 13.8 Å². The number of methoxy groups -OCH3 is 1. The molecule has 9 heteroatoms. The van der Waals surface area contributed by atoms with Crippen LogP contribution in [-0.4, -0.2) is 39.1 Å².